The van der Waals surface area contributed by atoms with E-state index in [9.17, 15) is 35.0 Å². The van der Waals surface area contributed by atoms with Crippen LogP contribution in [0.4, 0.5) is 63.0 Å². The summed E-state index contributed by atoms with van der Waals surface area (Å²) in [5.41, 5.74) is -1.69. The smallest absolute Gasteiger partial charge is 0.260 e. The number of carbonyl (C=O) groups is 3. The molecular formula is C64H37N23O6. The van der Waals surface area contributed by atoms with Crippen LogP contribution < -0.4 is 16.0 Å². The Morgan fingerprint density at radius 3 is 1.18 bits per heavy atom. The minimum Gasteiger partial charge on any atom is -0.505 e. The molecule has 0 aliphatic carbocycles. The molecule has 6 aromatic heterocycles. The van der Waals surface area contributed by atoms with Crippen molar-refractivity contribution in [3.05, 3.63) is 234 Å². The third kappa shape index (κ3) is 11.2. The SMILES string of the molecule is [C-]#[N+]c1cnn(-c2ncccn2)c1/N=N/c1cc2ccccc2c(C(=O)Nc2cc(NC(=O)c3c(O)c(/N=N/c4c(C#N)cnn4-c4ccccn4)cc4ccccc34)cc(NC(=O)c3c(O)c(/N=N/c4c([N+]#[C-])cnn4-c4ncccn4)cc4ccccc34)c2)c1O. The summed E-state index contributed by atoms with van der Waals surface area (Å²) < 4.78 is 3.66. The van der Waals surface area contributed by atoms with E-state index in [1.165, 1.54) is 100 Å². The molecule has 0 aliphatic heterocycles. The summed E-state index contributed by atoms with van der Waals surface area (Å²) in [5.74, 6) is -4.33. The van der Waals surface area contributed by atoms with Crippen LogP contribution in [0.2, 0.25) is 0 Å². The highest BCUT2D eigenvalue weighted by molar-refractivity contribution is 6.20. The van der Waals surface area contributed by atoms with Gasteiger partial charge in [-0.15, -0.1) is 30.7 Å². The van der Waals surface area contributed by atoms with Crippen LogP contribution in [0.15, 0.2) is 220 Å². The fourth-order valence-corrected chi connectivity index (χ4v) is 9.88. The fraction of sp³-hybridized carbons (Fsp3) is 0. The van der Waals surface area contributed by atoms with Crippen LogP contribution in [0.25, 0.3) is 59.7 Å². The number of nitriles is 1. The van der Waals surface area contributed by atoms with Gasteiger partial charge in [-0.05, 0) is 93.0 Å². The molecule has 29 nitrogen and oxygen atoms in total. The number of phenolic OH excluding ortho intramolecular Hbond substituents is 3. The highest BCUT2D eigenvalue weighted by atomic mass is 16.3. The molecule has 0 radical (unpaired) electrons. The Morgan fingerprint density at radius 1 is 0.441 bits per heavy atom. The van der Waals surface area contributed by atoms with E-state index in [4.69, 9.17) is 13.1 Å². The van der Waals surface area contributed by atoms with Gasteiger partial charge in [-0.2, -0.15) is 34.6 Å². The number of pyridine rings is 1. The first-order chi connectivity index (χ1) is 45.5. The summed E-state index contributed by atoms with van der Waals surface area (Å²) in [6.07, 6.45) is 11.2. The number of anilines is 3. The third-order valence-electron chi connectivity index (χ3n) is 14.1. The first-order valence-electron chi connectivity index (χ1n) is 27.4. The molecule has 13 rings (SSSR count). The van der Waals surface area contributed by atoms with Crippen LogP contribution in [0.5, 0.6) is 17.2 Å². The average Bonchev–Trinajstić information content (AvgIpc) is 1.67. The van der Waals surface area contributed by atoms with Gasteiger partial charge in [0.1, 0.15) is 28.7 Å². The van der Waals surface area contributed by atoms with Crippen LogP contribution in [-0.2, 0) is 0 Å². The van der Waals surface area contributed by atoms with Gasteiger partial charge >= 0.3 is 0 Å². The number of rotatable bonds is 15. The van der Waals surface area contributed by atoms with Crippen molar-refractivity contribution in [2.24, 2.45) is 30.7 Å². The summed E-state index contributed by atoms with van der Waals surface area (Å²) in [6.45, 7) is 15.5. The fourth-order valence-electron chi connectivity index (χ4n) is 9.88. The molecule has 6 N–H and O–H groups in total. The van der Waals surface area contributed by atoms with Crippen LogP contribution in [-0.4, -0.2) is 87.3 Å². The second-order valence-corrected chi connectivity index (χ2v) is 19.7. The highest BCUT2D eigenvalue weighted by Crippen LogP contribution is 2.44. The zero-order chi connectivity index (χ0) is 64.1. The van der Waals surface area contributed by atoms with Crippen LogP contribution in [0, 0.1) is 24.5 Å². The van der Waals surface area contributed by atoms with Crippen molar-refractivity contribution in [1.29, 1.82) is 5.26 Å². The Kier molecular flexibility index (Phi) is 15.2. The predicted octanol–water partition coefficient (Wildman–Crippen LogP) is 13.8. The number of amides is 3. The van der Waals surface area contributed by atoms with E-state index in [0.29, 0.717) is 22.0 Å². The molecule has 0 saturated heterocycles. The second-order valence-electron chi connectivity index (χ2n) is 19.7. The molecule has 29 heteroatoms. The lowest BCUT2D eigenvalue weighted by atomic mass is 10.0. The van der Waals surface area contributed by atoms with Crippen LogP contribution >= 0.6 is 0 Å². The van der Waals surface area contributed by atoms with Gasteiger partial charge in [0, 0.05) is 48.0 Å². The second kappa shape index (κ2) is 24.6. The zero-order valence-electron chi connectivity index (χ0n) is 47.4. The van der Waals surface area contributed by atoms with E-state index in [1.54, 1.807) is 103 Å². The lowest BCUT2D eigenvalue weighted by molar-refractivity contribution is 0.101. The maximum Gasteiger partial charge on any atom is 0.260 e. The van der Waals surface area contributed by atoms with Crippen molar-refractivity contribution in [2.75, 3.05) is 16.0 Å². The van der Waals surface area contributed by atoms with Gasteiger partial charge in [0.15, 0.2) is 40.5 Å². The number of hydrogen-bond acceptors (Lipinski definition) is 21. The maximum atomic E-state index is 15.0. The molecule has 0 atom stereocenters. The third-order valence-corrected chi connectivity index (χ3v) is 14.1. The van der Waals surface area contributed by atoms with Gasteiger partial charge in [0.25, 0.3) is 41.0 Å². The van der Waals surface area contributed by atoms with Crippen LogP contribution in [0.3, 0.4) is 0 Å². The molecule has 93 heavy (non-hydrogen) atoms. The zero-order valence-corrected chi connectivity index (χ0v) is 47.4. The minimum absolute atomic E-state index is 0.0192. The maximum absolute atomic E-state index is 15.0. The monoisotopic (exact) mass is 1220 g/mol. The van der Waals surface area contributed by atoms with Gasteiger partial charge < -0.3 is 31.3 Å². The number of fused-ring (bicyclic) bond motifs is 3. The van der Waals surface area contributed by atoms with Gasteiger partial charge in [-0.1, -0.05) is 78.9 Å². The number of benzene rings is 7. The van der Waals surface area contributed by atoms with E-state index in [0.717, 1.165) is 0 Å². The van der Waals surface area contributed by atoms with Crippen molar-refractivity contribution in [1.82, 2.24) is 54.3 Å². The van der Waals surface area contributed by atoms with Gasteiger partial charge in [0.2, 0.25) is 0 Å². The Hall–Kier alpha value is -14.7. The number of nitrogens with one attached hydrogen (secondary N) is 3. The first-order valence-corrected chi connectivity index (χ1v) is 27.4. The van der Waals surface area contributed by atoms with Gasteiger partial charge in [-0.25, -0.2) is 34.6 Å². The van der Waals surface area contributed by atoms with Crippen molar-refractivity contribution >= 4 is 113 Å². The Labute approximate surface area is 522 Å². The molecule has 0 fully saturated rings. The van der Waals surface area contributed by atoms with E-state index in [-0.39, 0.29) is 113 Å². The normalized spacial score (nSPS) is 11.3. The Balaban J connectivity index is 0.895. The quantitative estimate of drug-likeness (QED) is 0.0410. The average molecular weight is 1220 g/mol. The van der Waals surface area contributed by atoms with E-state index < -0.39 is 35.0 Å². The lowest BCUT2D eigenvalue weighted by Crippen LogP contribution is -2.17. The van der Waals surface area contributed by atoms with Crippen LogP contribution in [0.1, 0.15) is 36.6 Å². The molecule has 13 aromatic rings. The van der Waals surface area contributed by atoms with Crippen molar-refractivity contribution in [3.63, 3.8) is 0 Å². The van der Waals surface area contributed by atoms with Gasteiger partial charge in [-0.3, -0.25) is 14.4 Å². The summed E-state index contributed by atoms with van der Waals surface area (Å²) in [5, 5.41) is 95.1. The molecule has 7 aromatic carbocycles. The summed E-state index contributed by atoms with van der Waals surface area (Å²) in [4.78, 5) is 73.0. The molecule has 0 spiro atoms. The molecule has 0 unspecified atom stereocenters. The Bertz CT molecular complexity index is 4870. The van der Waals surface area contributed by atoms with E-state index >= 15 is 0 Å². The summed E-state index contributed by atoms with van der Waals surface area (Å²) >= 11 is 0. The topological polar surface area (TPSA) is 373 Å². The number of azo groups is 3. The molecule has 6 heterocycles. The molecule has 0 aliphatic rings. The number of aromatic nitrogens is 11. The molecule has 444 valence electrons. The minimum atomic E-state index is -0.917. The van der Waals surface area contributed by atoms with E-state index in [2.05, 4.69) is 96.5 Å². The number of nitrogens with zero attached hydrogens (tertiary/aromatic N) is 20. The van der Waals surface area contributed by atoms with Gasteiger partial charge in [0.05, 0.1) is 48.4 Å². The molecule has 0 saturated carbocycles. The molecular weight excluding hydrogens is 1190 g/mol. The van der Waals surface area contributed by atoms with Crippen molar-refractivity contribution in [3.8, 4) is 41.0 Å². The number of phenols is 3. The summed E-state index contributed by atoms with van der Waals surface area (Å²) in [7, 11) is 0. The highest BCUT2D eigenvalue weighted by Gasteiger charge is 2.26. The lowest BCUT2D eigenvalue weighted by Gasteiger charge is -2.16. The standard InChI is InChI=1S/C64H37N23O6/c1-66-48-33-74-86(63-69-21-11-22-70-63)58(48)83-80-46-26-36-14-4-7-17-43(36)52(55(46)89)61(92)77-40-28-39(76-60(91)51-42-16-6-3-13-35(42)25-45(54(51)88)79-82-57-38(31-65)32-73-85(57)50-19-9-10-20-68-50)29-41(30-40)78-62(93)53-44-18-8-5-15-37(44)27-47(56(53)90)81-84-59-49(67-2)34-75-87(59)64-71-23-12-24-72-64/h3-30,32-34,88-90H,(H,76,91)(H,77,92)(H,78,93)/b82-79+,83-80+,84-81+. The number of carbonyl (C=O) groups excluding carboxylic acids is 3. The number of aromatic hydroxyl groups is 3. The first kappa shape index (κ1) is 57.4. The number of hydrogen-bond donors (Lipinski definition) is 6. The summed E-state index contributed by atoms with van der Waals surface area (Å²) in [6, 6.07) is 38.6. The van der Waals surface area contributed by atoms with E-state index in [1.807, 2.05) is 6.07 Å². The van der Waals surface area contributed by atoms with Crippen molar-refractivity contribution < 1.29 is 29.7 Å². The Morgan fingerprint density at radius 2 is 0.806 bits per heavy atom. The molecule has 0 bridgehead atoms. The van der Waals surface area contributed by atoms with Crippen molar-refractivity contribution in [2.45, 2.75) is 0 Å². The predicted molar refractivity (Wildman–Crippen MR) is 337 cm³/mol. The molecule has 3 amide bonds. The largest absolute Gasteiger partial charge is 0.505 e.